The van der Waals surface area contributed by atoms with Crippen LogP contribution in [0.5, 0.6) is 0 Å². The Morgan fingerprint density at radius 2 is 2.05 bits per heavy atom. The van der Waals surface area contributed by atoms with Crippen molar-refractivity contribution in [3.63, 3.8) is 0 Å². The lowest BCUT2D eigenvalue weighted by atomic mass is 10.1. The molecule has 0 aliphatic rings. The number of carbonyl (C=O) groups excluding carboxylic acids is 2. The second-order valence-corrected chi connectivity index (χ2v) is 4.57. The van der Waals surface area contributed by atoms with Gasteiger partial charge in [-0.2, -0.15) is 0 Å². The van der Waals surface area contributed by atoms with E-state index < -0.39 is 12.1 Å². The van der Waals surface area contributed by atoms with Crippen molar-refractivity contribution in [1.82, 2.24) is 10.6 Å². The fraction of sp³-hybridized carbons (Fsp3) is 0.385. The summed E-state index contributed by atoms with van der Waals surface area (Å²) in [5.41, 5.74) is 5.87. The molecule has 4 N–H and O–H groups in total. The van der Waals surface area contributed by atoms with Gasteiger partial charge in [0.2, 0.25) is 5.91 Å². The van der Waals surface area contributed by atoms with E-state index in [4.69, 9.17) is 17.3 Å². The van der Waals surface area contributed by atoms with Gasteiger partial charge in [-0.25, -0.2) is 4.79 Å². The normalized spacial score (nSPS) is 11.7. The molecule has 19 heavy (non-hydrogen) atoms. The molecule has 104 valence electrons. The third-order valence-electron chi connectivity index (χ3n) is 2.62. The number of primary amides is 1. The Morgan fingerprint density at radius 3 is 2.63 bits per heavy atom. The van der Waals surface area contributed by atoms with E-state index in [0.717, 1.165) is 12.0 Å². The summed E-state index contributed by atoms with van der Waals surface area (Å²) in [4.78, 5) is 22.8. The minimum atomic E-state index is -0.702. The molecule has 0 spiro atoms. The largest absolute Gasteiger partial charge is 0.352 e. The monoisotopic (exact) mass is 283 g/mol. The van der Waals surface area contributed by atoms with Crippen LogP contribution in [0.2, 0.25) is 5.02 Å². The van der Waals surface area contributed by atoms with Gasteiger partial charge in [0, 0.05) is 11.6 Å². The van der Waals surface area contributed by atoms with E-state index in [-0.39, 0.29) is 5.91 Å². The van der Waals surface area contributed by atoms with Gasteiger partial charge in [0.1, 0.15) is 6.04 Å². The van der Waals surface area contributed by atoms with Gasteiger partial charge in [0.05, 0.1) is 0 Å². The number of rotatable bonds is 6. The highest BCUT2D eigenvalue weighted by Crippen LogP contribution is 2.14. The molecule has 0 bridgehead atoms. The van der Waals surface area contributed by atoms with Crippen LogP contribution in [0.25, 0.3) is 0 Å². The van der Waals surface area contributed by atoms with Gasteiger partial charge in [-0.1, -0.05) is 43.1 Å². The highest BCUT2D eigenvalue weighted by Gasteiger charge is 2.18. The maximum absolute atomic E-state index is 11.9. The standard InChI is InChI=1S/C13H18ClN3O2/c1-2-5-11(17-13(15)19)12(18)16-8-9-6-3-4-7-10(9)14/h3-4,6-7,11H,2,5,8H2,1H3,(H,16,18)(H3,15,17,19). The Labute approximate surface area is 117 Å². The van der Waals surface area contributed by atoms with Crippen LogP contribution in [0.1, 0.15) is 25.3 Å². The number of carbonyl (C=O) groups is 2. The number of hydrogen-bond donors (Lipinski definition) is 3. The Morgan fingerprint density at radius 1 is 1.37 bits per heavy atom. The highest BCUT2D eigenvalue weighted by atomic mass is 35.5. The molecule has 0 saturated heterocycles. The molecule has 3 amide bonds. The summed E-state index contributed by atoms with van der Waals surface area (Å²) in [5.74, 6) is -0.263. The van der Waals surface area contributed by atoms with E-state index in [1.165, 1.54) is 0 Å². The average Bonchev–Trinajstić information content (AvgIpc) is 2.36. The Kier molecular flexibility index (Phi) is 6.15. The molecule has 0 saturated carbocycles. The van der Waals surface area contributed by atoms with Crippen LogP contribution in [0.3, 0.4) is 0 Å². The third kappa shape index (κ3) is 5.18. The lowest BCUT2D eigenvalue weighted by molar-refractivity contribution is -0.123. The van der Waals surface area contributed by atoms with Gasteiger partial charge >= 0.3 is 6.03 Å². The van der Waals surface area contributed by atoms with Gasteiger partial charge in [0.15, 0.2) is 0 Å². The summed E-state index contributed by atoms with van der Waals surface area (Å²) >= 11 is 5.99. The highest BCUT2D eigenvalue weighted by molar-refractivity contribution is 6.31. The zero-order valence-electron chi connectivity index (χ0n) is 10.8. The van der Waals surface area contributed by atoms with Crippen LogP contribution in [0.4, 0.5) is 4.79 Å². The average molecular weight is 284 g/mol. The molecule has 1 unspecified atom stereocenters. The van der Waals surface area contributed by atoms with Crippen LogP contribution in [0, 0.1) is 0 Å². The first-order chi connectivity index (χ1) is 9.04. The smallest absolute Gasteiger partial charge is 0.312 e. The molecule has 1 aromatic carbocycles. The van der Waals surface area contributed by atoms with Crippen molar-refractivity contribution in [2.24, 2.45) is 5.73 Å². The fourth-order valence-corrected chi connectivity index (χ4v) is 1.88. The molecule has 0 aliphatic carbocycles. The molecule has 6 heteroatoms. The molecular weight excluding hydrogens is 266 g/mol. The van der Waals surface area contributed by atoms with Crippen molar-refractivity contribution in [2.45, 2.75) is 32.4 Å². The maximum Gasteiger partial charge on any atom is 0.312 e. The number of nitrogens with one attached hydrogen (secondary N) is 2. The summed E-state index contributed by atoms with van der Waals surface area (Å²) in [5, 5.41) is 5.76. The van der Waals surface area contributed by atoms with E-state index in [1.54, 1.807) is 6.07 Å². The first-order valence-corrected chi connectivity index (χ1v) is 6.49. The van der Waals surface area contributed by atoms with Gasteiger partial charge < -0.3 is 16.4 Å². The van der Waals surface area contributed by atoms with Crippen molar-refractivity contribution in [3.8, 4) is 0 Å². The maximum atomic E-state index is 11.9. The molecule has 0 aromatic heterocycles. The first kappa shape index (κ1) is 15.3. The van der Waals surface area contributed by atoms with Gasteiger partial charge in [-0.05, 0) is 18.1 Å². The van der Waals surface area contributed by atoms with Crippen LogP contribution in [-0.2, 0) is 11.3 Å². The zero-order valence-corrected chi connectivity index (χ0v) is 11.5. The summed E-state index contributed by atoms with van der Waals surface area (Å²) < 4.78 is 0. The minimum Gasteiger partial charge on any atom is -0.352 e. The summed E-state index contributed by atoms with van der Waals surface area (Å²) in [7, 11) is 0. The Bertz CT molecular complexity index is 451. The van der Waals surface area contributed by atoms with Gasteiger partial charge in [-0.15, -0.1) is 0 Å². The topological polar surface area (TPSA) is 84.2 Å². The molecule has 1 aromatic rings. The lowest BCUT2D eigenvalue weighted by Gasteiger charge is -2.16. The van der Waals surface area contributed by atoms with Gasteiger partial charge in [-0.3, -0.25) is 4.79 Å². The fourth-order valence-electron chi connectivity index (χ4n) is 1.68. The minimum absolute atomic E-state index is 0.263. The van der Waals surface area contributed by atoms with Crippen molar-refractivity contribution < 1.29 is 9.59 Å². The summed E-state index contributed by atoms with van der Waals surface area (Å²) in [6.07, 6.45) is 1.31. The quantitative estimate of drug-likeness (QED) is 0.744. The molecule has 0 aliphatic heterocycles. The van der Waals surface area contributed by atoms with E-state index in [2.05, 4.69) is 10.6 Å². The van der Waals surface area contributed by atoms with E-state index >= 15 is 0 Å². The van der Waals surface area contributed by atoms with E-state index in [9.17, 15) is 9.59 Å². The summed E-state index contributed by atoms with van der Waals surface area (Å²) in [6, 6.07) is 5.95. The molecule has 0 fully saturated rings. The van der Waals surface area contributed by atoms with Crippen LogP contribution in [-0.4, -0.2) is 18.0 Å². The van der Waals surface area contributed by atoms with Crippen LogP contribution < -0.4 is 16.4 Å². The Balaban J connectivity index is 2.57. The van der Waals surface area contributed by atoms with Crippen molar-refractivity contribution in [2.75, 3.05) is 0 Å². The molecule has 5 nitrogen and oxygen atoms in total. The molecule has 1 atom stereocenters. The molecule has 0 heterocycles. The molecular formula is C13H18ClN3O2. The predicted molar refractivity (Wildman–Crippen MR) is 74.7 cm³/mol. The molecule has 1 rings (SSSR count). The Hall–Kier alpha value is -1.75. The van der Waals surface area contributed by atoms with Crippen molar-refractivity contribution in [1.29, 1.82) is 0 Å². The predicted octanol–water partition coefficient (Wildman–Crippen LogP) is 1.79. The summed E-state index contributed by atoms with van der Waals surface area (Å²) in [6.45, 7) is 2.25. The second-order valence-electron chi connectivity index (χ2n) is 4.16. The SMILES string of the molecule is CCCC(NC(N)=O)C(=O)NCc1ccccc1Cl. The zero-order chi connectivity index (χ0) is 14.3. The van der Waals surface area contributed by atoms with E-state index in [0.29, 0.717) is 18.0 Å². The molecule has 0 radical (unpaired) electrons. The number of nitrogens with two attached hydrogens (primary N) is 1. The van der Waals surface area contributed by atoms with Crippen LogP contribution in [0.15, 0.2) is 24.3 Å². The number of amides is 3. The number of halogens is 1. The number of hydrogen-bond acceptors (Lipinski definition) is 2. The van der Waals surface area contributed by atoms with Crippen molar-refractivity contribution >= 4 is 23.5 Å². The van der Waals surface area contributed by atoms with E-state index in [1.807, 2.05) is 25.1 Å². The van der Waals surface area contributed by atoms with Gasteiger partial charge in [0.25, 0.3) is 0 Å². The third-order valence-corrected chi connectivity index (χ3v) is 2.99. The number of urea groups is 1. The first-order valence-electron chi connectivity index (χ1n) is 6.11. The lowest BCUT2D eigenvalue weighted by Crippen LogP contribution is -2.48. The number of benzene rings is 1. The van der Waals surface area contributed by atoms with Crippen molar-refractivity contribution in [3.05, 3.63) is 34.9 Å². The second kappa shape index (κ2) is 7.63. The van der Waals surface area contributed by atoms with Crippen LogP contribution >= 0.6 is 11.6 Å².